The third-order valence-corrected chi connectivity index (χ3v) is 4.20. The van der Waals surface area contributed by atoms with Gasteiger partial charge in [0.25, 0.3) is 0 Å². The first-order valence-corrected chi connectivity index (χ1v) is 9.65. The Labute approximate surface area is 176 Å². The van der Waals surface area contributed by atoms with E-state index >= 15 is 0 Å². The van der Waals surface area contributed by atoms with Gasteiger partial charge in [0, 0.05) is 24.7 Å². The van der Waals surface area contributed by atoms with Gasteiger partial charge in [-0.1, -0.05) is 13.0 Å². The van der Waals surface area contributed by atoms with E-state index in [0.29, 0.717) is 41.7 Å². The lowest BCUT2D eigenvalue weighted by atomic mass is 10.1. The van der Waals surface area contributed by atoms with Gasteiger partial charge in [0.05, 0.1) is 21.3 Å². The summed E-state index contributed by atoms with van der Waals surface area (Å²) in [4.78, 5) is 24.0. The van der Waals surface area contributed by atoms with E-state index in [-0.39, 0.29) is 12.5 Å². The summed E-state index contributed by atoms with van der Waals surface area (Å²) in [6, 6.07) is 9.98. The average Bonchev–Trinajstić information content (AvgIpc) is 2.75. The number of methoxy groups -OCH3 is 3. The molecule has 0 aliphatic carbocycles. The van der Waals surface area contributed by atoms with Crippen molar-refractivity contribution in [3.8, 4) is 23.0 Å². The van der Waals surface area contributed by atoms with Crippen molar-refractivity contribution in [1.29, 1.82) is 0 Å². The summed E-state index contributed by atoms with van der Waals surface area (Å²) >= 11 is 0. The number of nitrogens with one attached hydrogen (secondary N) is 2. The highest BCUT2D eigenvalue weighted by atomic mass is 16.5. The lowest BCUT2D eigenvalue weighted by Gasteiger charge is -2.14. The predicted octanol–water partition coefficient (Wildman–Crippen LogP) is 3.78. The fraction of sp³-hybridized carbons (Fsp3) is 0.364. The van der Waals surface area contributed by atoms with Crippen molar-refractivity contribution in [3.63, 3.8) is 0 Å². The molecule has 0 fully saturated rings. The van der Waals surface area contributed by atoms with Crippen LogP contribution in [0.15, 0.2) is 36.4 Å². The standard InChI is InChI=1S/C22H28N2O6/c1-5-11-23-22(26)24-16-7-6-8-17(14-16)30-20(25)10-9-15-12-18(27-2)21(29-4)19(13-15)28-3/h6-8,12-14H,5,9-11H2,1-4H3,(H2,23,24,26). The Hall–Kier alpha value is -3.42. The van der Waals surface area contributed by atoms with E-state index in [9.17, 15) is 9.59 Å². The zero-order valence-corrected chi connectivity index (χ0v) is 17.7. The van der Waals surface area contributed by atoms with Crippen molar-refractivity contribution in [2.45, 2.75) is 26.2 Å². The molecule has 0 saturated carbocycles. The normalized spacial score (nSPS) is 10.1. The number of rotatable bonds is 10. The van der Waals surface area contributed by atoms with E-state index < -0.39 is 5.97 Å². The highest BCUT2D eigenvalue weighted by Gasteiger charge is 2.14. The van der Waals surface area contributed by atoms with Crippen molar-refractivity contribution in [1.82, 2.24) is 5.32 Å². The van der Waals surface area contributed by atoms with E-state index in [1.807, 2.05) is 6.92 Å². The first kappa shape index (κ1) is 22.9. The van der Waals surface area contributed by atoms with Gasteiger partial charge in [-0.15, -0.1) is 0 Å². The molecule has 2 amide bonds. The molecule has 0 aliphatic heterocycles. The molecule has 30 heavy (non-hydrogen) atoms. The van der Waals surface area contributed by atoms with Gasteiger partial charge < -0.3 is 29.6 Å². The third-order valence-electron chi connectivity index (χ3n) is 4.20. The van der Waals surface area contributed by atoms with E-state index in [1.54, 1.807) is 50.6 Å². The van der Waals surface area contributed by atoms with Gasteiger partial charge in [0.2, 0.25) is 5.75 Å². The molecule has 0 saturated heterocycles. The van der Waals surface area contributed by atoms with E-state index in [0.717, 1.165) is 12.0 Å². The van der Waals surface area contributed by atoms with Gasteiger partial charge in [0.15, 0.2) is 11.5 Å². The summed E-state index contributed by atoms with van der Waals surface area (Å²) in [6.45, 7) is 2.56. The monoisotopic (exact) mass is 416 g/mol. The number of amides is 2. The predicted molar refractivity (Wildman–Crippen MR) is 114 cm³/mol. The Morgan fingerprint density at radius 2 is 1.67 bits per heavy atom. The summed E-state index contributed by atoms with van der Waals surface area (Å²) in [5.74, 6) is 1.52. The second kappa shape index (κ2) is 11.5. The first-order valence-electron chi connectivity index (χ1n) is 9.65. The number of urea groups is 1. The summed E-state index contributed by atoms with van der Waals surface area (Å²) in [5.41, 5.74) is 1.39. The molecule has 162 valence electrons. The number of carbonyl (C=O) groups excluding carboxylic acids is 2. The van der Waals surface area contributed by atoms with E-state index in [4.69, 9.17) is 18.9 Å². The Balaban J connectivity index is 1.97. The minimum atomic E-state index is -0.392. The van der Waals surface area contributed by atoms with Crippen LogP contribution in [0, 0.1) is 0 Å². The van der Waals surface area contributed by atoms with Crippen LogP contribution in [-0.2, 0) is 11.2 Å². The van der Waals surface area contributed by atoms with Crippen LogP contribution in [0.2, 0.25) is 0 Å². The molecule has 0 bridgehead atoms. The molecule has 2 aromatic carbocycles. The van der Waals surface area contributed by atoms with E-state index in [2.05, 4.69) is 10.6 Å². The number of esters is 1. The number of benzene rings is 2. The number of ether oxygens (including phenoxy) is 4. The van der Waals surface area contributed by atoms with Crippen LogP contribution in [0.4, 0.5) is 10.5 Å². The molecule has 0 heterocycles. The SMILES string of the molecule is CCCNC(=O)Nc1cccc(OC(=O)CCc2cc(OC)c(OC)c(OC)c2)c1. The quantitative estimate of drug-likeness (QED) is 0.452. The smallest absolute Gasteiger partial charge is 0.319 e. The molecular weight excluding hydrogens is 388 g/mol. The summed E-state index contributed by atoms with van der Waals surface area (Å²) in [6.07, 6.45) is 1.44. The molecule has 2 N–H and O–H groups in total. The molecular formula is C22H28N2O6. The summed E-state index contributed by atoms with van der Waals surface area (Å²) < 4.78 is 21.4. The second-order valence-corrected chi connectivity index (χ2v) is 6.42. The molecule has 8 nitrogen and oxygen atoms in total. The van der Waals surface area contributed by atoms with Crippen LogP contribution >= 0.6 is 0 Å². The minimum absolute atomic E-state index is 0.160. The van der Waals surface area contributed by atoms with Crippen molar-refractivity contribution in [2.24, 2.45) is 0 Å². The van der Waals surface area contributed by atoms with Gasteiger partial charge >= 0.3 is 12.0 Å². The topological polar surface area (TPSA) is 95.1 Å². The molecule has 0 aromatic heterocycles. The first-order chi connectivity index (χ1) is 14.5. The van der Waals surface area contributed by atoms with Gasteiger partial charge in [0.1, 0.15) is 5.75 Å². The van der Waals surface area contributed by atoms with Gasteiger partial charge in [-0.25, -0.2) is 4.79 Å². The van der Waals surface area contributed by atoms with Gasteiger partial charge in [-0.3, -0.25) is 4.79 Å². The number of aryl methyl sites for hydroxylation is 1. The molecule has 2 aromatic rings. The maximum Gasteiger partial charge on any atom is 0.319 e. The highest BCUT2D eigenvalue weighted by Crippen LogP contribution is 2.38. The molecule has 0 unspecified atom stereocenters. The van der Waals surface area contributed by atoms with Crippen molar-refractivity contribution in [2.75, 3.05) is 33.2 Å². The van der Waals surface area contributed by atoms with Crippen LogP contribution < -0.4 is 29.6 Å². The van der Waals surface area contributed by atoms with Crippen molar-refractivity contribution >= 4 is 17.7 Å². The third kappa shape index (κ3) is 6.58. The lowest BCUT2D eigenvalue weighted by Crippen LogP contribution is -2.29. The van der Waals surface area contributed by atoms with E-state index in [1.165, 1.54) is 7.11 Å². The maximum absolute atomic E-state index is 12.3. The zero-order chi connectivity index (χ0) is 21.9. The molecule has 0 atom stereocenters. The molecule has 2 rings (SSSR count). The Morgan fingerprint density at radius 1 is 0.967 bits per heavy atom. The van der Waals surface area contributed by atoms with Crippen LogP contribution in [0.25, 0.3) is 0 Å². The van der Waals surface area contributed by atoms with Crippen molar-refractivity contribution < 1.29 is 28.5 Å². The van der Waals surface area contributed by atoms with Crippen LogP contribution in [0.3, 0.4) is 0 Å². The van der Waals surface area contributed by atoms with Crippen LogP contribution in [0.5, 0.6) is 23.0 Å². The fourth-order valence-electron chi connectivity index (χ4n) is 2.76. The van der Waals surface area contributed by atoms with Gasteiger partial charge in [-0.2, -0.15) is 0 Å². The van der Waals surface area contributed by atoms with Crippen LogP contribution in [0.1, 0.15) is 25.3 Å². The van der Waals surface area contributed by atoms with Crippen molar-refractivity contribution in [3.05, 3.63) is 42.0 Å². The Bertz CT molecular complexity index is 843. The van der Waals surface area contributed by atoms with Crippen LogP contribution in [-0.4, -0.2) is 39.9 Å². The highest BCUT2D eigenvalue weighted by molar-refractivity contribution is 5.89. The number of hydrogen-bond donors (Lipinski definition) is 2. The Morgan fingerprint density at radius 3 is 2.27 bits per heavy atom. The number of carbonyl (C=O) groups is 2. The molecule has 0 radical (unpaired) electrons. The largest absolute Gasteiger partial charge is 0.493 e. The molecule has 0 spiro atoms. The minimum Gasteiger partial charge on any atom is -0.493 e. The second-order valence-electron chi connectivity index (χ2n) is 6.42. The zero-order valence-electron chi connectivity index (χ0n) is 17.7. The summed E-state index contributed by atoms with van der Waals surface area (Å²) in [7, 11) is 4.62. The number of anilines is 1. The summed E-state index contributed by atoms with van der Waals surface area (Å²) in [5, 5.41) is 5.42. The lowest BCUT2D eigenvalue weighted by molar-refractivity contribution is -0.134. The molecule has 8 heteroatoms. The fourth-order valence-corrected chi connectivity index (χ4v) is 2.76. The molecule has 0 aliphatic rings. The average molecular weight is 416 g/mol. The number of hydrogen-bond acceptors (Lipinski definition) is 6. The van der Waals surface area contributed by atoms with Gasteiger partial charge in [-0.05, 0) is 42.7 Å². The Kier molecular flexibility index (Phi) is 8.80. The maximum atomic E-state index is 12.3.